The van der Waals surface area contributed by atoms with Crippen molar-refractivity contribution in [2.45, 2.75) is 33.1 Å². The number of anilines is 1. The van der Waals surface area contributed by atoms with Crippen LogP contribution in [0.4, 0.5) is 10.2 Å². The maximum absolute atomic E-state index is 13.7. The molecule has 1 fully saturated rings. The number of fused-ring (bicyclic) bond motifs is 1. The first-order valence-electron chi connectivity index (χ1n) is 13.6. The number of hydrogen-bond acceptors (Lipinski definition) is 6. The molecule has 0 spiro atoms. The fraction of sp³-hybridized carbons (Fsp3) is 0.290. The van der Waals surface area contributed by atoms with E-state index in [-0.39, 0.29) is 11.7 Å². The molecule has 0 N–H and O–H groups in total. The number of hydrogen-bond donors (Lipinski definition) is 0. The van der Waals surface area contributed by atoms with Crippen molar-refractivity contribution in [1.29, 1.82) is 0 Å². The Morgan fingerprint density at radius 3 is 2.50 bits per heavy atom. The number of aryl methyl sites for hydroxylation is 2. The van der Waals surface area contributed by atoms with Crippen LogP contribution in [0, 0.1) is 19.7 Å². The Hall–Kier alpha value is -4.11. The highest BCUT2D eigenvalue weighted by atomic mass is 32.1. The van der Waals surface area contributed by atoms with Crippen molar-refractivity contribution in [2.75, 3.05) is 31.1 Å². The smallest absolute Gasteiger partial charge is 0.227 e. The number of carbonyl (C=O) groups is 1. The molecule has 0 unspecified atom stereocenters. The number of benzene rings is 2. The lowest BCUT2D eigenvalue weighted by Gasteiger charge is -2.24. The molecule has 1 aliphatic heterocycles. The summed E-state index contributed by atoms with van der Waals surface area (Å²) in [4.78, 5) is 28.5. The van der Waals surface area contributed by atoms with E-state index in [1.54, 1.807) is 28.2 Å². The molecule has 6 rings (SSSR count). The van der Waals surface area contributed by atoms with Gasteiger partial charge >= 0.3 is 0 Å². The van der Waals surface area contributed by atoms with E-state index in [0.717, 1.165) is 52.5 Å². The van der Waals surface area contributed by atoms with Crippen LogP contribution in [0.25, 0.3) is 16.7 Å². The van der Waals surface area contributed by atoms with Gasteiger partial charge < -0.3 is 9.80 Å². The topological polar surface area (TPSA) is 67.2 Å². The fourth-order valence-electron chi connectivity index (χ4n) is 5.22. The van der Waals surface area contributed by atoms with Gasteiger partial charge in [-0.2, -0.15) is 5.10 Å². The molecule has 40 heavy (non-hydrogen) atoms. The number of amides is 1. The largest absolute Gasteiger partial charge is 0.354 e. The van der Waals surface area contributed by atoms with Gasteiger partial charge in [0.05, 0.1) is 23.2 Å². The Morgan fingerprint density at radius 2 is 1.75 bits per heavy atom. The van der Waals surface area contributed by atoms with E-state index < -0.39 is 0 Å². The molecule has 2 aromatic carbocycles. The molecule has 0 saturated carbocycles. The number of carbonyl (C=O) groups excluding carboxylic acids is 1. The van der Waals surface area contributed by atoms with Gasteiger partial charge in [0.2, 0.25) is 5.91 Å². The molecule has 9 heteroatoms. The second kappa shape index (κ2) is 11.2. The van der Waals surface area contributed by atoms with Crippen LogP contribution in [0.1, 0.15) is 33.9 Å². The minimum absolute atomic E-state index is 0.164. The molecule has 0 atom stereocenters. The molecular formula is C31H31FN6OS. The standard InChI is InChI=1S/C31H31FN6OS/c1-21-6-8-23(9-7-21)19-27-33-30(29-22(2)35-38(31(29)34-27)25-12-10-24(32)11-13-25)37-15-4-14-36(16-17-37)28(39)20-26-5-3-18-40-26/h3,5-13,18H,4,14-17,19-20H2,1-2H3. The summed E-state index contributed by atoms with van der Waals surface area (Å²) in [6.45, 7) is 6.84. The van der Waals surface area contributed by atoms with Crippen LogP contribution in [0.2, 0.25) is 0 Å². The second-order valence-electron chi connectivity index (χ2n) is 10.3. The fourth-order valence-corrected chi connectivity index (χ4v) is 5.91. The Balaban J connectivity index is 1.36. The van der Waals surface area contributed by atoms with Crippen LogP contribution in [-0.4, -0.2) is 56.7 Å². The summed E-state index contributed by atoms with van der Waals surface area (Å²) < 4.78 is 15.5. The molecule has 0 aliphatic carbocycles. The molecular weight excluding hydrogens is 523 g/mol. The molecule has 1 saturated heterocycles. The highest BCUT2D eigenvalue weighted by molar-refractivity contribution is 7.10. The van der Waals surface area contributed by atoms with Gasteiger partial charge in [0.25, 0.3) is 0 Å². The maximum atomic E-state index is 13.7. The number of halogens is 1. The average molecular weight is 555 g/mol. The van der Waals surface area contributed by atoms with E-state index in [1.165, 1.54) is 17.7 Å². The van der Waals surface area contributed by atoms with Gasteiger partial charge in [-0.15, -0.1) is 11.3 Å². The second-order valence-corrected chi connectivity index (χ2v) is 11.3. The Kier molecular flexibility index (Phi) is 7.30. The zero-order valence-corrected chi connectivity index (χ0v) is 23.5. The van der Waals surface area contributed by atoms with E-state index in [0.29, 0.717) is 37.4 Å². The van der Waals surface area contributed by atoms with Crippen molar-refractivity contribution in [3.05, 3.63) is 99.4 Å². The minimum Gasteiger partial charge on any atom is -0.354 e. The van der Waals surface area contributed by atoms with Crippen LogP contribution >= 0.6 is 11.3 Å². The highest BCUT2D eigenvalue weighted by Crippen LogP contribution is 2.30. The van der Waals surface area contributed by atoms with Gasteiger partial charge in [-0.3, -0.25) is 4.79 Å². The Morgan fingerprint density at radius 1 is 0.950 bits per heavy atom. The normalized spacial score (nSPS) is 14.1. The first kappa shape index (κ1) is 26.1. The molecule has 0 radical (unpaired) electrons. The molecule has 4 heterocycles. The lowest BCUT2D eigenvalue weighted by molar-refractivity contribution is -0.130. The van der Waals surface area contributed by atoms with Crippen molar-refractivity contribution in [3.63, 3.8) is 0 Å². The summed E-state index contributed by atoms with van der Waals surface area (Å²) in [5.74, 6) is 1.41. The van der Waals surface area contributed by atoms with Crippen molar-refractivity contribution in [1.82, 2.24) is 24.6 Å². The summed E-state index contributed by atoms with van der Waals surface area (Å²) in [6.07, 6.45) is 1.87. The van der Waals surface area contributed by atoms with Gasteiger partial charge in [0, 0.05) is 37.5 Å². The Bertz CT molecular complexity index is 1630. The summed E-state index contributed by atoms with van der Waals surface area (Å²) in [5.41, 5.74) is 4.58. The van der Waals surface area contributed by atoms with Crippen LogP contribution < -0.4 is 4.90 Å². The van der Waals surface area contributed by atoms with Crippen LogP contribution in [0.15, 0.2) is 66.0 Å². The van der Waals surface area contributed by atoms with Gasteiger partial charge in [0.1, 0.15) is 17.5 Å². The van der Waals surface area contributed by atoms with E-state index in [2.05, 4.69) is 36.1 Å². The Labute approximate surface area is 236 Å². The molecule has 5 aromatic rings. The summed E-state index contributed by atoms with van der Waals surface area (Å²) >= 11 is 1.62. The predicted octanol–water partition coefficient (Wildman–Crippen LogP) is 5.51. The average Bonchev–Trinajstić information content (AvgIpc) is 3.49. The lowest BCUT2D eigenvalue weighted by atomic mass is 10.1. The lowest BCUT2D eigenvalue weighted by Crippen LogP contribution is -2.36. The van der Waals surface area contributed by atoms with Gasteiger partial charge in [-0.1, -0.05) is 35.9 Å². The first-order chi connectivity index (χ1) is 19.4. The number of aromatic nitrogens is 4. The van der Waals surface area contributed by atoms with Crippen molar-refractivity contribution < 1.29 is 9.18 Å². The third-order valence-corrected chi connectivity index (χ3v) is 8.21. The van der Waals surface area contributed by atoms with Gasteiger partial charge in [0.15, 0.2) is 5.65 Å². The molecule has 1 aliphatic rings. The number of thiophene rings is 1. The third-order valence-electron chi connectivity index (χ3n) is 7.34. The van der Waals surface area contributed by atoms with E-state index in [4.69, 9.17) is 15.1 Å². The number of nitrogens with zero attached hydrogens (tertiary/aromatic N) is 6. The monoisotopic (exact) mass is 554 g/mol. The first-order valence-corrected chi connectivity index (χ1v) is 14.5. The third kappa shape index (κ3) is 5.47. The quantitative estimate of drug-likeness (QED) is 0.277. The molecule has 0 bridgehead atoms. The summed E-state index contributed by atoms with van der Waals surface area (Å²) in [5, 5.41) is 7.71. The molecule has 1 amide bonds. The molecule has 204 valence electrons. The highest BCUT2D eigenvalue weighted by Gasteiger charge is 2.25. The van der Waals surface area contributed by atoms with E-state index in [1.807, 2.05) is 29.3 Å². The van der Waals surface area contributed by atoms with Gasteiger partial charge in [-0.05, 0) is 61.5 Å². The summed E-state index contributed by atoms with van der Waals surface area (Å²) in [6, 6.07) is 18.7. The van der Waals surface area contributed by atoms with Crippen LogP contribution in [0.5, 0.6) is 0 Å². The van der Waals surface area contributed by atoms with Crippen molar-refractivity contribution in [3.8, 4) is 5.69 Å². The number of rotatable bonds is 6. The van der Waals surface area contributed by atoms with E-state index in [9.17, 15) is 9.18 Å². The minimum atomic E-state index is -0.296. The van der Waals surface area contributed by atoms with Crippen molar-refractivity contribution >= 4 is 34.1 Å². The zero-order chi connectivity index (χ0) is 27.6. The van der Waals surface area contributed by atoms with Crippen molar-refractivity contribution in [2.24, 2.45) is 0 Å². The SMILES string of the molecule is Cc1ccc(Cc2nc(N3CCCN(C(=O)Cc4cccs4)CC3)c3c(C)nn(-c4ccc(F)cc4)c3n2)cc1. The van der Waals surface area contributed by atoms with Crippen LogP contribution in [-0.2, 0) is 17.6 Å². The predicted molar refractivity (Wildman–Crippen MR) is 157 cm³/mol. The molecule has 3 aromatic heterocycles. The van der Waals surface area contributed by atoms with Gasteiger partial charge in [-0.25, -0.2) is 19.0 Å². The van der Waals surface area contributed by atoms with Crippen LogP contribution in [0.3, 0.4) is 0 Å². The van der Waals surface area contributed by atoms with E-state index >= 15 is 0 Å². The molecule has 7 nitrogen and oxygen atoms in total. The maximum Gasteiger partial charge on any atom is 0.227 e. The zero-order valence-electron chi connectivity index (χ0n) is 22.7. The summed E-state index contributed by atoms with van der Waals surface area (Å²) in [7, 11) is 0.